The van der Waals surface area contributed by atoms with Crippen LogP contribution in [-0.2, 0) is 4.79 Å². The lowest BCUT2D eigenvalue weighted by Crippen LogP contribution is -2.12. The van der Waals surface area contributed by atoms with E-state index in [0.717, 1.165) is 6.07 Å². The summed E-state index contributed by atoms with van der Waals surface area (Å²) in [7, 11) is 0. The molecule has 0 aromatic heterocycles. The normalized spacial score (nSPS) is 9.57. The van der Waals surface area contributed by atoms with Crippen molar-refractivity contribution in [2.45, 2.75) is 6.92 Å². The van der Waals surface area contributed by atoms with Crippen LogP contribution >= 0.6 is 0 Å². The standard InChI is InChI=1S/C9H9FN2O2/c1-5-7(10)2-6(9(11)14)3-8(5)12-4-13/h2-4H,1H3,(H2,11,14)(H,12,13). The monoisotopic (exact) mass is 196 g/mol. The van der Waals surface area contributed by atoms with Crippen LogP contribution in [0.3, 0.4) is 0 Å². The molecule has 0 unspecified atom stereocenters. The molecule has 0 saturated carbocycles. The van der Waals surface area contributed by atoms with Crippen LogP contribution in [0.1, 0.15) is 15.9 Å². The fourth-order valence-corrected chi connectivity index (χ4v) is 1.03. The molecule has 14 heavy (non-hydrogen) atoms. The second kappa shape index (κ2) is 3.87. The SMILES string of the molecule is Cc1c(F)cc(C(N)=O)cc1NC=O. The molecule has 0 aliphatic rings. The molecule has 3 N–H and O–H groups in total. The van der Waals surface area contributed by atoms with E-state index >= 15 is 0 Å². The highest BCUT2D eigenvalue weighted by atomic mass is 19.1. The lowest BCUT2D eigenvalue weighted by molar-refractivity contribution is -0.105. The average Bonchev–Trinajstić information content (AvgIpc) is 2.12. The fourth-order valence-electron chi connectivity index (χ4n) is 1.03. The molecule has 0 radical (unpaired) electrons. The predicted molar refractivity (Wildman–Crippen MR) is 49.3 cm³/mol. The number of nitrogens with one attached hydrogen (secondary N) is 1. The fraction of sp³-hybridized carbons (Fsp3) is 0.111. The van der Waals surface area contributed by atoms with Crippen molar-refractivity contribution in [2.24, 2.45) is 5.73 Å². The molecular weight excluding hydrogens is 187 g/mol. The Morgan fingerprint density at radius 3 is 2.71 bits per heavy atom. The number of benzene rings is 1. The smallest absolute Gasteiger partial charge is 0.248 e. The van der Waals surface area contributed by atoms with E-state index in [1.165, 1.54) is 13.0 Å². The molecule has 74 valence electrons. The van der Waals surface area contributed by atoms with Crippen LogP contribution in [-0.4, -0.2) is 12.3 Å². The van der Waals surface area contributed by atoms with Crippen LogP contribution in [0.25, 0.3) is 0 Å². The molecule has 0 heterocycles. The molecule has 0 atom stereocenters. The number of hydrogen-bond acceptors (Lipinski definition) is 2. The van der Waals surface area contributed by atoms with Crippen LogP contribution in [0.2, 0.25) is 0 Å². The van der Waals surface area contributed by atoms with Crippen LogP contribution in [0.5, 0.6) is 0 Å². The van der Waals surface area contributed by atoms with E-state index in [4.69, 9.17) is 5.73 Å². The summed E-state index contributed by atoms with van der Waals surface area (Å²) in [5.74, 6) is -1.32. The summed E-state index contributed by atoms with van der Waals surface area (Å²) in [6, 6.07) is 2.36. The maximum Gasteiger partial charge on any atom is 0.248 e. The van der Waals surface area contributed by atoms with Crippen LogP contribution < -0.4 is 11.1 Å². The first-order valence-corrected chi connectivity index (χ1v) is 3.86. The highest BCUT2D eigenvalue weighted by molar-refractivity contribution is 5.94. The lowest BCUT2D eigenvalue weighted by atomic mass is 10.1. The Morgan fingerprint density at radius 2 is 2.21 bits per heavy atom. The number of primary amides is 1. The first-order chi connectivity index (χ1) is 6.56. The minimum absolute atomic E-state index is 0.0254. The van der Waals surface area contributed by atoms with Gasteiger partial charge < -0.3 is 11.1 Å². The summed E-state index contributed by atoms with van der Waals surface area (Å²) in [4.78, 5) is 20.9. The zero-order chi connectivity index (χ0) is 10.7. The van der Waals surface area contributed by atoms with E-state index in [2.05, 4.69) is 5.32 Å². The zero-order valence-corrected chi connectivity index (χ0v) is 7.50. The van der Waals surface area contributed by atoms with Gasteiger partial charge in [0.25, 0.3) is 0 Å². The minimum Gasteiger partial charge on any atom is -0.366 e. The maximum atomic E-state index is 13.2. The van der Waals surface area contributed by atoms with E-state index in [1.54, 1.807) is 0 Å². The van der Waals surface area contributed by atoms with E-state index in [-0.39, 0.29) is 16.8 Å². The van der Waals surface area contributed by atoms with Gasteiger partial charge in [0.1, 0.15) is 5.82 Å². The molecule has 0 spiro atoms. The number of carbonyl (C=O) groups excluding carboxylic acids is 2. The second-order valence-corrected chi connectivity index (χ2v) is 2.76. The molecule has 0 fully saturated rings. The number of halogens is 1. The van der Waals surface area contributed by atoms with Crippen LogP contribution in [0.4, 0.5) is 10.1 Å². The first kappa shape index (κ1) is 10.2. The van der Waals surface area contributed by atoms with Gasteiger partial charge in [0.15, 0.2) is 0 Å². The number of rotatable bonds is 3. The third-order valence-electron chi connectivity index (χ3n) is 1.84. The molecule has 1 aromatic rings. The molecule has 0 bridgehead atoms. The number of hydrogen-bond donors (Lipinski definition) is 2. The van der Waals surface area contributed by atoms with E-state index in [1.807, 2.05) is 0 Å². The van der Waals surface area contributed by atoms with Gasteiger partial charge in [-0.15, -0.1) is 0 Å². The van der Waals surface area contributed by atoms with Crippen molar-refractivity contribution in [3.05, 3.63) is 29.1 Å². The molecule has 0 aliphatic heterocycles. The zero-order valence-electron chi connectivity index (χ0n) is 7.50. The quantitative estimate of drug-likeness (QED) is 0.702. The van der Waals surface area contributed by atoms with Crippen molar-refractivity contribution in [1.29, 1.82) is 0 Å². The topological polar surface area (TPSA) is 72.2 Å². The summed E-state index contributed by atoms with van der Waals surface area (Å²) in [6.07, 6.45) is 0.409. The minimum atomic E-state index is -0.738. The third kappa shape index (κ3) is 1.87. The predicted octanol–water partition coefficient (Wildman–Crippen LogP) is 0.801. The molecule has 0 aliphatic carbocycles. The summed E-state index contributed by atoms with van der Waals surface area (Å²) in [6.45, 7) is 1.49. The number of amides is 2. The largest absolute Gasteiger partial charge is 0.366 e. The highest BCUT2D eigenvalue weighted by Crippen LogP contribution is 2.19. The van der Waals surface area contributed by atoms with E-state index in [9.17, 15) is 14.0 Å². The molecule has 4 nitrogen and oxygen atoms in total. The van der Waals surface area contributed by atoms with Crippen molar-refractivity contribution in [3.63, 3.8) is 0 Å². The van der Waals surface area contributed by atoms with Crippen molar-refractivity contribution in [3.8, 4) is 0 Å². The Labute approximate surface area is 79.9 Å². The van der Waals surface area contributed by atoms with Gasteiger partial charge in [-0.25, -0.2) is 4.39 Å². The Bertz CT molecular complexity index is 391. The van der Waals surface area contributed by atoms with Gasteiger partial charge in [-0.3, -0.25) is 9.59 Å². The van der Waals surface area contributed by atoms with Gasteiger partial charge >= 0.3 is 0 Å². The van der Waals surface area contributed by atoms with Crippen LogP contribution in [0.15, 0.2) is 12.1 Å². The Morgan fingerprint density at radius 1 is 1.57 bits per heavy atom. The Hall–Kier alpha value is -1.91. The second-order valence-electron chi connectivity index (χ2n) is 2.76. The number of carbonyl (C=O) groups is 2. The summed E-state index contributed by atoms with van der Waals surface area (Å²) in [5.41, 5.74) is 5.51. The Balaban J connectivity index is 3.27. The van der Waals surface area contributed by atoms with Gasteiger partial charge in [0.2, 0.25) is 12.3 Å². The number of anilines is 1. The first-order valence-electron chi connectivity index (χ1n) is 3.86. The van der Waals surface area contributed by atoms with Crippen molar-refractivity contribution >= 4 is 18.0 Å². The molecule has 1 rings (SSSR count). The summed E-state index contributed by atoms with van der Waals surface area (Å²) in [5, 5.41) is 2.28. The molecule has 0 saturated heterocycles. The molecular formula is C9H9FN2O2. The highest BCUT2D eigenvalue weighted by Gasteiger charge is 2.09. The third-order valence-corrected chi connectivity index (χ3v) is 1.84. The Kier molecular flexibility index (Phi) is 2.81. The average molecular weight is 196 g/mol. The van der Waals surface area contributed by atoms with E-state index < -0.39 is 11.7 Å². The number of nitrogens with two attached hydrogens (primary N) is 1. The summed E-state index contributed by atoms with van der Waals surface area (Å²) >= 11 is 0. The van der Waals surface area contributed by atoms with Crippen LogP contribution in [0, 0.1) is 12.7 Å². The van der Waals surface area contributed by atoms with Gasteiger partial charge in [-0.05, 0) is 19.1 Å². The van der Waals surface area contributed by atoms with Crippen molar-refractivity contribution in [2.75, 3.05) is 5.32 Å². The molecule has 1 aromatic carbocycles. The maximum absolute atomic E-state index is 13.2. The van der Waals surface area contributed by atoms with Gasteiger partial charge in [0.05, 0.1) is 0 Å². The lowest BCUT2D eigenvalue weighted by Gasteiger charge is -2.06. The van der Waals surface area contributed by atoms with Gasteiger partial charge in [0, 0.05) is 16.8 Å². The van der Waals surface area contributed by atoms with Gasteiger partial charge in [-0.1, -0.05) is 0 Å². The molecule has 5 heteroatoms. The van der Waals surface area contributed by atoms with E-state index in [0.29, 0.717) is 6.41 Å². The molecule has 2 amide bonds. The summed E-state index contributed by atoms with van der Waals surface area (Å²) < 4.78 is 13.2. The van der Waals surface area contributed by atoms with Crippen molar-refractivity contribution < 1.29 is 14.0 Å². The van der Waals surface area contributed by atoms with Crippen molar-refractivity contribution in [1.82, 2.24) is 0 Å². The van der Waals surface area contributed by atoms with Gasteiger partial charge in [-0.2, -0.15) is 0 Å².